The first-order chi connectivity index (χ1) is 9.42. The zero-order valence-electron chi connectivity index (χ0n) is 10.3. The molecule has 0 radical (unpaired) electrons. The van der Waals surface area contributed by atoms with Crippen molar-refractivity contribution in [3.63, 3.8) is 0 Å². The Morgan fingerprint density at radius 3 is 2.37 bits per heavy atom. The number of H-pyrrole nitrogens is 1. The van der Waals surface area contributed by atoms with E-state index in [4.69, 9.17) is 0 Å². The molecule has 0 aliphatic carbocycles. The highest BCUT2D eigenvalue weighted by atomic mass is 14.7. The van der Waals surface area contributed by atoms with E-state index < -0.39 is 0 Å². The Balaban J connectivity index is 2.03. The van der Waals surface area contributed by atoms with Gasteiger partial charge in [-0.2, -0.15) is 0 Å². The molecule has 1 N–H and O–H groups in total. The number of pyridine rings is 1. The van der Waals surface area contributed by atoms with Crippen molar-refractivity contribution in [2.75, 3.05) is 0 Å². The lowest BCUT2D eigenvalue weighted by Gasteiger charge is -2.01. The van der Waals surface area contributed by atoms with Gasteiger partial charge < -0.3 is 4.98 Å². The van der Waals surface area contributed by atoms with Crippen molar-refractivity contribution in [1.29, 1.82) is 0 Å². The van der Waals surface area contributed by atoms with Crippen LogP contribution < -0.4 is 0 Å². The summed E-state index contributed by atoms with van der Waals surface area (Å²) < 4.78 is 0. The molecule has 0 amide bonds. The summed E-state index contributed by atoms with van der Waals surface area (Å²) in [7, 11) is 0. The van der Waals surface area contributed by atoms with E-state index in [9.17, 15) is 0 Å². The molecular formula is C17H12N2. The third-order valence-electron chi connectivity index (χ3n) is 3.52. The van der Waals surface area contributed by atoms with Crippen LogP contribution in [0.1, 0.15) is 0 Å². The summed E-state index contributed by atoms with van der Waals surface area (Å²) >= 11 is 0. The Bertz CT molecular complexity index is 860. The molecule has 4 aromatic rings. The van der Waals surface area contributed by atoms with Crippen molar-refractivity contribution in [1.82, 2.24) is 9.97 Å². The van der Waals surface area contributed by atoms with Gasteiger partial charge in [-0.1, -0.05) is 24.3 Å². The molecule has 2 nitrogen and oxygen atoms in total. The second kappa shape index (κ2) is 3.95. The molecule has 0 unspecified atom stereocenters. The Labute approximate surface area is 110 Å². The van der Waals surface area contributed by atoms with Crippen molar-refractivity contribution in [3.8, 4) is 11.1 Å². The molecule has 2 aromatic carbocycles. The monoisotopic (exact) mass is 244 g/mol. The SMILES string of the molecule is c1ccc2c(c1)[nH]c1ccc(-c3ccncc3)cc12. The lowest BCUT2D eigenvalue weighted by atomic mass is 10.0. The number of aromatic amines is 1. The molecule has 0 fully saturated rings. The van der Waals surface area contributed by atoms with E-state index in [1.165, 1.54) is 32.9 Å². The molecule has 2 heteroatoms. The number of rotatable bonds is 1. The maximum Gasteiger partial charge on any atom is 0.0465 e. The van der Waals surface area contributed by atoms with Gasteiger partial charge in [-0.15, -0.1) is 0 Å². The molecule has 19 heavy (non-hydrogen) atoms. The summed E-state index contributed by atoms with van der Waals surface area (Å²) in [6.07, 6.45) is 3.66. The average Bonchev–Trinajstić information content (AvgIpc) is 2.86. The molecular weight excluding hydrogens is 232 g/mol. The minimum Gasteiger partial charge on any atom is -0.355 e. The van der Waals surface area contributed by atoms with E-state index >= 15 is 0 Å². The highest BCUT2D eigenvalue weighted by molar-refractivity contribution is 6.08. The first-order valence-corrected chi connectivity index (χ1v) is 6.33. The van der Waals surface area contributed by atoms with Crippen LogP contribution in [0.4, 0.5) is 0 Å². The van der Waals surface area contributed by atoms with Crippen LogP contribution in [0.5, 0.6) is 0 Å². The van der Waals surface area contributed by atoms with Crippen LogP contribution in [-0.4, -0.2) is 9.97 Å². The predicted molar refractivity (Wildman–Crippen MR) is 79.0 cm³/mol. The Morgan fingerprint density at radius 1 is 0.684 bits per heavy atom. The highest BCUT2D eigenvalue weighted by Crippen LogP contribution is 2.29. The van der Waals surface area contributed by atoms with Gasteiger partial charge in [0.05, 0.1) is 0 Å². The van der Waals surface area contributed by atoms with Gasteiger partial charge in [0.2, 0.25) is 0 Å². The largest absolute Gasteiger partial charge is 0.355 e. The molecule has 90 valence electrons. The third-order valence-corrected chi connectivity index (χ3v) is 3.52. The third kappa shape index (κ3) is 1.61. The zero-order chi connectivity index (χ0) is 12.7. The van der Waals surface area contributed by atoms with E-state index in [1.807, 2.05) is 24.5 Å². The maximum absolute atomic E-state index is 4.07. The van der Waals surface area contributed by atoms with Gasteiger partial charge in [-0.3, -0.25) is 4.98 Å². The van der Waals surface area contributed by atoms with Gasteiger partial charge in [0.1, 0.15) is 0 Å². The van der Waals surface area contributed by atoms with E-state index in [0.717, 1.165) is 0 Å². The minimum absolute atomic E-state index is 1.18. The summed E-state index contributed by atoms with van der Waals surface area (Å²) in [6, 6.07) is 19.0. The minimum atomic E-state index is 1.18. The second-order valence-corrected chi connectivity index (χ2v) is 4.67. The number of benzene rings is 2. The number of hydrogen-bond acceptors (Lipinski definition) is 1. The fraction of sp³-hybridized carbons (Fsp3) is 0. The first kappa shape index (κ1) is 10.3. The van der Waals surface area contributed by atoms with Gasteiger partial charge in [0.15, 0.2) is 0 Å². The molecule has 4 rings (SSSR count). The lowest BCUT2D eigenvalue weighted by molar-refractivity contribution is 1.33. The summed E-state index contributed by atoms with van der Waals surface area (Å²) in [5, 5.41) is 2.54. The maximum atomic E-state index is 4.07. The quantitative estimate of drug-likeness (QED) is 0.528. The van der Waals surface area contributed by atoms with Crippen molar-refractivity contribution >= 4 is 21.8 Å². The van der Waals surface area contributed by atoms with Crippen molar-refractivity contribution in [2.24, 2.45) is 0 Å². The molecule has 0 aliphatic rings. The highest BCUT2D eigenvalue weighted by Gasteiger charge is 2.05. The zero-order valence-corrected chi connectivity index (χ0v) is 10.3. The Kier molecular flexibility index (Phi) is 2.15. The number of para-hydroxylation sites is 1. The topological polar surface area (TPSA) is 28.7 Å². The van der Waals surface area contributed by atoms with Crippen LogP contribution in [0.25, 0.3) is 32.9 Å². The smallest absolute Gasteiger partial charge is 0.0465 e. The molecule has 0 bridgehead atoms. The lowest BCUT2D eigenvalue weighted by Crippen LogP contribution is -1.78. The van der Waals surface area contributed by atoms with Crippen LogP contribution in [0.2, 0.25) is 0 Å². The van der Waals surface area contributed by atoms with Crippen LogP contribution in [-0.2, 0) is 0 Å². The van der Waals surface area contributed by atoms with Crippen molar-refractivity contribution in [2.45, 2.75) is 0 Å². The second-order valence-electron chi connectivity index (χ2n) is 4.67. The van der Waals surface area contributed by atoms with Crippen LogP contribution in [0.3, 0.4) is 0 Å². The van der Waals surface area contributed by atoms with E-state index in [0.29, 0.717) is 0 Å². The number of hydrogen-bond donors (Lipinski definition) is 1. The fourth-order valence-electron chi connectivity index (χ4n) is 2.57. The van der Waals surface area contributed by atoms with Crippen LogP contribution >= 0.6 is 0 Å². The molecule has 2 heterocycles. The molecule has 0 saturated carbocycles. The number of nitrogens with zero attached hydrogens (tertiary/aromatic N) is 1. The molecule has 0 saturated heterocycles. The molecule has 0 atom stereocenters. The molecule has 0 aliphatic heterocycles. The van der Waals surface area contributed by atoms with Gasteiger partial charge in [0.25, 0.3) is 0 Å². The normalized spacial score (nSPS) is 11.2. The number of fused-ring (bicyclic) bond motifs is 3. The van der Waals surface area contributed by atoms with E-state index in [1.54, 1.807) is 0 Å². The fourth-order valence-corrected chi connectivity index (χ4v) is 2.57. The Hall–Kier alpha value is -2.61. The summed E-state index contributed by atoms with van der Waals surface area (Å²) in [5.74, 6) is 0. The standard InChI is InChI=1S/C17H12N2/c1-2-4-16-14(3-1)15-11-13(5-6-17(15)19-16)12-7-9-18-10-8-12/h1-11,19H. The van der Waals surface area contributed by atoms with Crippen molar-refractivity contribution in [3.05, 3.63) is 67.0 Å². The van der Waals surface area contributed by atoms with Gasteiger partial charge in [0, 0.05) is 34.2 Å². The Morgan fingerprint density at radius 2 is 1.47 bits per heavy atom. The molecule has 2 aromatic heterocycles. The summed E-state index contributed by atoms with van der Waals surface area (Å²) in [6.45, 7) is 0. The predicted octanol–water partition coefficient (Wildman–Crippen LogP) is 4.38. The van der Waals surface area contributed by atoms with E-state index in [2.05, 4.69) is 52.4 Å². The summed E-state index contributed by atoms with van der Waals surface area (Å²) in [4.78, 5) is 7.51. The number of nitrogens with one attached hydrogen (secondary N) is 1. The van der Waals surface area contributed by atoms with Gasteiger partial charge >= 0.3 is 0 Å². The van der Waals surface area contributed by atoms with Gasteiger partial charge in [-0.25, -0.2) is 0 Å². The van der Waals surface area contributed by atoms with Crippen LogP contribution in [0, 0.1) is 0 Å². The number of aromatic nitrogens is 2. The van der Waals surface area contributed by atoms with Crippen LogP contribution in [0.15, 0.2) is 67.0 Å². The van der Waals surface area contributed by atoms with E-state index in [-0.39, 0.29) is 0 Å². The van der Waals surface area contributed by atoms with Crippen molar-refractivity contribution < 1.29 is 0 Å². The molecule has 0 spiro atoms. The first-order valence-electron chi connectivity index (χ1n) is 6.33. The average molecular weight is 244 g/mol. The summed E-state index contributed by atoms with van der Waals surface area (Å²) in [5.41, 5.74) is 4.78. The van der Waals surface area contributed by atoms with Gasteiger partial charge in [-0.05, 0) is 41.5 Å².